The summed E-state index contributed by atoms with van der Waals surface area (Å²) in [5.74, 6) is 0.106. The number of carbonyl (C=O) groups excluding carboxylic acids is 2. The minimum atomic E-state index is -0.322. The van der Waals surface area contributed by atoms with Gasteiger partial charge in [-0.25, -0.2) is 0 Å². The van der Waals surface area contributed by atoms with E-state index in [1.165, 1.54) is 0 Å². The Kier molecular flexibility index (Phi) is 6.18. The first kappa shape index (κ1) is 19.4. The van der Waals surface area contributed by atoms with Crippen molar-refractivity contribution >= 4 is 60.3 Å². The lowest BCUT2D eigenvalue weighted by Crippen LogP contribution is -2.32. The van der Waals surface area contributed by atoms with Gasteiger partial charge < -0.3 is 20.4 Å². The molecule has 0 bridgehead atoms. The molecule has 0 saturated carbocycles. The maximum atomic E-state index is 12.4. The topological polar surface area (TPSA) is 83.2 Å². The number of anilines is 1. The van der Waals surface area contributed by atoms with Gasteiger partial charge in [0, 0.05) is 31.7 Å². The number of aromatic amines is 1. The number of ether oxygens (including phenoxy) is 1. The number of hydrogen-bond donors (Lipinski definition) is 3. The van der Waals surface area contributed by atoms with Crippen LogP contribution in [0, 0.1) is 0 Å². The molecule has 0 fully saturated rings. The molecule has 0 atom stereocenters. The van der Waals surface area contributed by atoms with Crippen molar-refractivity contribution in [2.45, 2.75) is 6.92 Å². The molecule has 8 heteroatoms. The zero-order chi connectivity index (χ0) is 19.4. The maximum absolute atomic E-state index is 12.4. The van der Waals surface area contributed by atoms with Crippen LogP contribution >= 0.6 is 31.9 Å². The van der Waals surface area contributed by atoms with Crippen LogP contribution in [0.1, 0.15) is 17.3 Å². The van der Waals surface area contributed by atoms with Crippen molar-refractivity contribution in [1.29, 1.82) is 0 Å². The molecule has 0 aliphatic carbocycles. The predicted molar refractivity (Wildman–Crippen MR) is 112 cm³/mol. The Morgan fingerprint density at radius 1 is 1.11 bits per heavy atom. The monoisotopic (exact) mass is 493 g/mol. The molecular weight excluding hydrogens is 478 g/mol. The lowest BCUT2D eigenvalue weighted by atomic mass is 10.1. The summed E-state index contributed by atoms with van der Waals surface area (Å²) in [7, 11) is 0. The maximum Gasteiger partial charge on any atom is 0.253 e. The Morgan fingerprint density at radius 3 is 2.52 bits per heavy atom. The third kappa shape index (κ3) is 4.70. The molecule has 3 aromatic rings. The van der Waals surface area contributed by atoms with Gasteiger partial charge in [-0.15, -0.1) is 0 Å². The number of rotatable bonds is 6. The van der Waals surface area contributed by atoms with Gasteiger partial charge in [-0.05, 0) is 75.2 Å². The fraction of sp³-hybridized carbons (Fsp3) is 0.158. The molecule has 6 nitrogen and oxygen atoms in total. The van der Waals surface area contributed by atoms with Gasteiger partial charge in [0.25, 0.3) is 5.91 Å². The molecule has 3 rings (SSSR count). The van der Waals surface area contributed by atoms with E-state index in [1.54, 1.807) is 30.5 Å². The van der Waals surface area contributed by atoms with E-state index >= 15 is 0 Å². The Hall–Kier alpha value is -2.32. The summed E-state index contributed by atoms with van der Waals surface area (Å²) in [6.45, 7) is 2.36. The molecule has 0 aliphatic heterocycles. The summed E-state index contributed by atoms with van der Waals surface area (Å²) in [4.78, 5) is 27.6. The predicted octanol–water partition coefficient (Wildman–Crippen LogP) is 4.46. The van der Waals surface area contributed by atoms with Gasteiger partial charge in [-0.2, -0.15) is 0 Å². The van der Waals surface area contributed by atoms with Crippen molar-refractivity contribution in [1.82, 2.24) is 10.3 Å². The van der Waals surface area contributed by atoms with E-state index in [2.05, 4.69) is 47.5 Å². The highest BCUT2D eigenvalue weighted by Gasteiger charge is 2.14. The molecular formula is C19H17Br2N3O3. The Bertz CT molecular complexity index is 984. The van der Waals surface area contributed by atoms with E-state index in [9.17, 15) is 9.59 Å². The second-order valence-electron chi connectivity index (χ2n) is 5.70. The first-order valence-electron chi connectivity index (χ1n) is 8.25. The summed E-state index contributed by atoms with van der Waals surface area (Å²) in [6, 6.07) is 10.8. The van der Waals surface area contributed by atoms with Crippen LogP contribution in [-0.2, 0) is 4.79 Å². The van der Waals surface area contributed by atoms with Gasteiger partial charge in [0.1, 0.15) is 5.75 Å². The Labute approximate surface area is 172 Å². The lowest BCUT2D eigenvalue weighted by molar-refractivity contribution is -0.115. The van der Waals surface area contributed by atoms with Crippen molar-refractivity contribution in [3.8, 4) is 5.75 Å². The van der Waals surface area contributed by atoms with Crippen LogP contribution in [0.5, 0.6) is 5.75 Å². The number of amides is 2. The van der Waals surface area contributed by atoms with E-state index in [1.807, 2.05) is 19.1 Å². The van der Waals surface area contributed by atoms with Crippen molar-refractivity contribution in [2.24, 2.45) is 0 Å². The van der Waals surface area contributed by atoms with E-state index in [4.69, 9.17) is 4.74 Å². The summed E-state index contributed by atoms with van der Waals surface area (Å²) in [6.07, 6.45) is 1.63. The highest BCUT2D eigenvalue weighted by atomic mass is 79.9. The minimum Gasteiger partial charge on any atom is -0.494 e. The number of H-pyrrole nitrogens is 1. The average molecular weight is 495 g/mol. The molecule has 2 aromatic carbocycles. The molecule has 3 N–H and O–H groups in total. The first-order valence-corrected chi connectivity index (χ1v) is 9.83. The van der Waals surface area contributed by atoms with Crippen molar-refractivity contribution in [3.05, 3.63) is 57.1 Å². The van der Waals surface area contributed by atoms with Crippen molar-refractivity contribution in [2.75, 3.05) is 18.5 Å². The second-order valence-corrected chi connectivity index (χ2v) is 7.41. The molecule has 0 aliphatic rings. The van der Waals surface area contributed by atoms with Crippen molar-refractivity contribution < 1.29 is 14.3 Å². The molecule has 0 spiro atoms. The van der Waals surface area contributed by atoms with Crippen LogP contribution in [0.3, 0.4) is 0 Å². The zero-order valence-electron chi connectivity index (χ0n) is 14.4. The SMILES string of the molecule is CCOc1ccc(NC(=O)CNC(=O)c2c[nH]c3cc(Br)c(Br)cc23)cc1. The van der Waals surface area contributed by atoms with Crippen LogP contribution in [0.2, 0.25) is 0 Å². The van der Waals surface area contributed by atoms with E-state index < -0.39 is 0 Å². The molecule has 27 heavy (non-hydrogen) atoms. The second kappa shape index (κ2) is 8.58. The molecule has 0 saturated heterocycles. The van der Waals surface area contributed by atoms with Crippen LogP contribution in [-0.4, -0.2) is 29.9 Å². The highest BCUT2D eigenvalue weighted by Crippen LogP contribution is 2.30. The van der Waals surface area contributed by atoms with E-state index in [0.29, 0.717) is 17.9 Å². The van der Waals surface area contributed by atoms with Crippen LogP contribution in [0.4, 0.5) is 5.69 Å². The van der Waals surface area contributed by atoms with E-state index in [0.717, 1.165) is 25.6 Å². The number of benzene rings is 2. The van der Waals surface area contributed by atoms with Crippen molar-refractivity contribution in [3.63, 3.8) is 0 Å². The first-order chi connectivity index (χ1) is 13.0. The smallest absolute Gasteiger partial charge is 0.253 e. The third-order valence-corrected chi connectivity index (χ3v) is 5.67. The molecule has 2 amide bonds. The molecule has 1 heterocycles. The molecule has 0 radical (unpaired) electrons. The standard InChI is InChI=1S/C19H17Br2N3O3/c1-2-27-12-5-3-11(4-6-12)24-18(25)10-23-19(26)14-9-22-17-8-16(21)15(20)7-13(14)17/h3-9,22H,2,10H2,1H3,(H,23,26)(H,24,25). The molecule has 1 aromatic heterocycles. The largest absolute Gasteiger partial charge is 0.494 e. The fourth-order valence-electron chi connectivity index (χ4n) is 2.57. The van der Waals surface area contributed by atoms with Crippen LogP contribution in [0.15, 0.2) is 51.5 Å². The summed E-state index contributed by atoms with van der Waals surface area (Å²) >= 11 is 6.86. The Morgan fingerprint density at radius 2 is 1.81 bits per heavy atom. The normalized spacial score (nSPS) is 10.6. The molecule has 140 valence electrons. The van der Waals surface area contributed by atoms with E-state index in [-0.39, 0.29) is 18.4 Å². The van der Waals surface area contributed by atoms with Gasteiger partial charge in [-0.3, -0.25) is 9.59 Å². The zero-order valence-corrected chi connectivity index (χ0v) is 17.6. The lowest BCUT2D eigenvalue weighted by Gasteiger charge is -2.08. The third-order valence-electron chi connectivity index (χ3n) is 3.83. The quantitative estimate of drug-likeness (QED) is 0.473. The highest BCUT2D eigenvalue weighted by molar-refractivity contribution is 9.13. The summed E-state index contributed by atoms with van der Waals surface area (Å²) in [5, 5.41) is 6.15. The number of halogens is 2. The number of nitrogens with one attached hydrogen (secondary N) is 3. The van der Waals surface area contributed by atoms with Crippen LogP contribution < -0.4 is 15.4 Å². The number of fused-ring (bicyclic) bond motifs is 1. The van der Waals surface area contributed by atoms with Gasteiger partial charge in [0.05, 0.1) is 18.7 Å². The molecule has 0 unspecified atom stereocenters. The van der Waals surface area contributed by atoms with Gasteiger partial charge in [0.15, 0.2) is 0 Å². The number of hydrogen-bond acceptors (Lipinski definition) is 3. The number of aromatic nitrogens is 1. The van der Waals surface area contributed by atoms with Gasteiger partial charge in [0.2, 0.25) is 5.91 Å². The number of carbonyl (C=O) groups is 2. The van der Waals surface area contributed by atoms with Crippen LogP contribution in [0.25, 0.3) is 10.9 Å². The summed E-state index contributed by atoms with van der Waals surface area (Å²) < 4.78 is 7.09. The Balaban J connectivity index is 1.60. The minimum absolute atomic E-state index is 0.129. The summed E-state index contributed by atoms with van der Waals surface area (Å²) in [5.41, 5.74) is 1.94. The average Bonchev–Trinajstić information content (AvgIpc) is 3.04. The fourth-order valence-corrected chi connectivity index (χ4v) is 3.25. The van der Waals surface area contributed by atoms with Gasteiger partial charge >= 0.3 is 0 Å². The van der Waals surface area contributed by atoms with Gasteiger partial charge in [-0.1, -0.05) is 0 Å².